The molecule has 0 heterocycles. The molecule has 0 saturated heterocycles. The van der Waals surface area contributed by atoms with Gasteiger partial charge in [-0.3, -0.25) is 9.59 Å². The molecule has 1 rings (SSSR count). The minimum Gasteiger partial charge on any atom is -0.299 e. The molecule has 2 nitrogen and oxygen atoms in total. The van der Waals surface area contributed by atoms with Crippen LogP contribution in [0.3, 0.4) is 0 Å². The number of rotatable bonds is 5. The molecular formula is C15H15FO2. The molecular weight excluding hydrogens is 231 g/mol. The lowest BCUT2D eigenvalue weighted by atomic mass is 9.77. The molecule has 0 fully saturated rings. The number of benzene rings is 1. The van der Waals surface area contributed by atoms with Gasteiger partial charge >= 0.3 is 0 Å². The summed E-state index contributed by atoms with van der Waals surface area (Å²) in [5, 5.41) is 0. The van der Waals surface area contributed by atoms with Crippen LogP contribution in [0.5, 0.6) is 0 Å². The van der Waals surface area contributed by atoms with Crippen molar-refractivity contribution in [1.29, 1.82) is 0 Å². The summed E-state index contributed by atoms with van der Waals surface area (Å²) in [7, 11) is 0. The smallest absolute Gasteiger partial charge is 0.150 e. The lowest BCUT2D eigenvalue weighted by Crippen LogP contribution is -2.23. The van der Waals surface area contributed by atoms with E-state index in [0.717, 1.165) is 0 Å². The van der Waals surface area contributed by atoms with Crippen molar-refractivity contribution >= 4 is 12.1 Å². The Bertz CT molecular complexity index is 510. The molecule has 0 N–H and O–H groups in total. The SMILES string of the molecule is C#CCC(=O)CC(C)(C)c1ccc(F)cc1C=O. The summed E-state index contributed by atoms with van der Waals surface area (Å²) >= 11 is 0. The van der Waals surface area contributed by atoms with Gasteiger partial charge in [0.25, 0.3) is 0 Å². The first-order chi connectivity index (χ1) is 8.40. The van der Waals surface area contributed by atoms with Crippen molar-refractivity contribution in [3.63, 3.8) is 0 Å². The Balaban J connectivity index is 3.08. The predicted molar refractivity (Wildman–Crippen MR) is 67.9 cm³/mol. The average Bonchev–Trinajstić information content (AvgIpc) is 2.27. The third-order valence-corrected chi connectivity index (χ3v) is 2.81. The third-order valence-electron chi connectivity index (χ3n) is 2.81. The topological polar surface area (TPSA) is 34.1 Å². The van der Waals surface area contributed by atoms with Crippen LogP contribution in [0.4, 0.5) is 4.39 Å². The Morgan fingerprint density at radius 2 is 2.17 bits per heavy atom. The largest absolute Gasteiger partial charge is 0.299 e. The van der Waals surface area contributed by atoms with Gasteiger partial charge in [0.15, 0.2) is 0 Å². The molecule has 0 amide bonds. The molecule has 0 aliphatic carbocycles. The van der Waals surface area contributed by atoms with Crippen molar-refractivity contribution in [3.8, 4) is 12.3 Å². The van der Waals surface area contributed by atoms with Crippen LogP contribution in [0.15, 0.2) is 18.2 Å². The summed E-state index contributed by atoms with van der Waals surface area (Å²) in [6.45, 7) is 3.67. The molecule has 0 bridgehead atoms. The summed E-state index contributed by atoms with van der Waals surface area (Å²) in [5.74, 6) is 1.77. The highest BCUT2D eigenvalue weighted by Crippen LogP contribution is 2.30. The fraction of sp³-hybridized carbons (Fsp3) is 0.333. The zero-order chi connectivity index (χ0) is 13.8. The molecule has 0 aliphatic heterocycles. The first-order valence-electron chi connectivity index (χ1n) is 5.61. The second kappa shape index (κ2) is 5.59. The first-order valence-corrected chi connectivity index (χ1v) is 5.61. The van der Waals surface area contributed by atoms with Crippen LogP contribution in [0.1, 0.15) is 42.6 Å². The van der Waals surface area contributed by atoms with Gasteiger partial charge in [0.05, 0.1) is 6.42 Å². The van der Waals surface area contributed by atoms with Crippen molar-refractivity contribution in [3.05, 3.63) is 35.1 Å². The monoisotopic (exact) mass is 246 g/mol. The molecule has 0 saturated carbocycles. The van der Waals surface area contributed by atoms with Gasteiger partial charge in [-0.1, -0.05) is 25.8 Å². The summed E-state index contributed by atoms with van der Waals surface area (Å²) in [4.78, 5) is 22.5. The zero-order valence-corrected chi connectivity index (χ0v) is 10.5. The van der Waals surface area contributed by atoms with Gasteiger partial charge in [-0.05, 0) is 23.1 Å². The fourth-order valence-electron chi connectivity index (χ4n) is 2.01. The molecule has 1 aromatic carbocycles. The van der Waals surface area contributed by atoms with E-state index in [9.17, 15) is 14.0 Å². The second-order valence-electron chi connectivity index (χ2n) is 4.83. The highest BCUT2D eigenvalue weighted by molar-refractivity contribution is 5.83. The Kier molecular flexibility index (Phi) is 4.38. The zero-order valence-electron chi connectivity index (χ0n) is 10.5. The van der Waals surface area contributed by atoms with Crippen molar-refractivity contribution in [1.82, 2.24) is 0 Å². The van der Waals surface area contributed by atoms with E-state index < -0.39 is 11.2 Å². The number of halogens is 1. The van der Waals surface area contributed by atoms with Gasteiger partial charge in [0, 0.05) is 12.0 Å². The molecule has 3 heteroatoms. The summed E-state index contributed by atoms with van der Waals surface area (Å²) in [5.41, 5.74) is 0.385. The number of terminal acetylenes is 1. The first kappa shape index (κ1) is 14.1. The predicted octanol–water partition coefficient (Wildman–Crippen LogP) is 2.90. The van der Waals surface area contributed by atoms with Crippen LogP contribution >= 0.6 is 0 Å². The van der Waals surface area contributed by atoms with Crippen LogP contribution in [-0.2, 0) is 10.2 Å². The summed E-state index contributed by atoms with van der Waals surface area (Å²) in [6.07, 6.45) is 5.99. The Labute approximate surface area is 106 Å². The lowest BCUT2D eigenvalue weighted by Gasteiger charge is -2.25. The van der Waals surface area contributed by atoms with E-state index in [2.05, 4.69) is 5.92 Å². The third kappa shape index (κ3) is 3.27. The average molecular weight is 246 g/mol. The molecule has 18 heavy (non-hydrogen) atoms. The van der Waals surface area contributed by atoms with Crippen LogP contribution in [0.2, 0.25) is 0 Å². The van der Waals surface area contributed by atoms with Crippen LogP contribution in [-0.4, -0.2) is 12.1 Å². The van der Waals surface area contributed by atoms with Crippen LogP contribution in [0.25, 0.3) is 0 Å². The number of ketones is 1. The van der Waals surface area contributed by atoms with Gasteiger partial charge in [0.2, 0.25) is 0 Å². The molecule has 0 atom stereocenters. The number of hydrogen-bond acceptors (Lipinski definition) is 2. The molecule has 0 aliphatic rings. The van der Waals surface area contributed by atoms with E-state index in [1.807, 2.05) is 13.8 Å². The van der Waals surface area contributed by atoms with E-state index in [1.54, 1.807) is 6.07 Å². The minimum absolute atomic E-state index is 0.0660. The van der Waals surface area contributed by atoms with Gasteiger partial charge in [-0.2, -0.15) is 0 Å². The van der Waals surface area contributed by atoms with Crippen molar-refractivity contribution in [2.24, 2.45) is 0 Å². The summed E-state index contributed by atoms with van der Waals surface area (Å²) in [6, 6.07) is 4.01. The maximum atomic E-state index is 13.1. The van der Waals surface area contributed by atoms with Crippen LogP contribution in [0, 0.1) is 18.2 Å². The number of carbonyl (C=O) groups is 2. The van der Waals surface area contributed by atoms with E-state index in [-0.39, 0.29) is 24.2 Å². The van der Waals surface area contributed by atoms with Gasteiger partial charge in [0.1, 0.15) is 17.9 Å². The van der Waals surface area contributed by atoms with E-state index in [4.69, 9.17) is 6.42 Å². The quantitative estimate of drug-likeness (QED) is 0.591. The van der Waals surface area contributed by atoms with Crippen LogP contribution < -0.4 is 0 Å². The minimum atomic E-state index is -0.544. The Hall–Kier alpha value is -1.95. The van der Waals surface area contributed by atoms with Crippen molar-refractivity contribution in [2.45, 2.75) is 32.1 Å². The standard InChI is InChI=1S/C15H15FO2/c1-4-5-13(18)9-15(2,3)14-7-6-12(16)8-11(14)10-17/h1,6-8,10H,5,9H2,2-3H3. The van der Waals surface area contributed by atoms with Gasteiger partial charge < -0.3 is 0 Å². The van der Waals surface area contributed by atoms with E-state index >= 15 is 0 Å². The molecule has 94 valence electrons. The van der Waals surface area contributed by atoms with Crippen molar-refractivity contribution < 1.29 is 14.0 Å². The van der Waals surface area contributed by atoms with Gasteiger partial charge in [-0.25, -0.2) is 4.39 Å². The molecule has 0 aromatic heterocycles. The number of Topliss-reactive ketones (excluding diaryl/α,β-unsaturated/α-hetero) is 1. The molecule has 0 unspecified atom stereocenters. The fourth-order valence-corrected chi connectivity index (χ4v) is 2.01. The number of hydrogen-bond donors (Lipinski definition) is 0. The Morgan fingerprint density at radius 1 is 1.50 bits per heavy atom. The maximum Gasteiger partial charge on any atom is 0.150 e. The lowest BCUT2D eigenvalue weighted by molar-refractivity contribution is -0.119. The second-order valence-corrected chi connectivity index (χ2v) is 4.83. The maximum absolute atomic E-state index is 13.1. The number of aldehydes is 1. The summed E-state index contributed by atoms with van der Waals surface area (Å²) < 4.78 is 13.1. The van der Waals surface area contributed by atoms with E-state index in [1.165, 1.54) is 12.1 Å². The molecule has 1 aromatic rings. The van der Waals surface area contributed by atoms with Gasteiger partial charge in [-0.15, -0.1) is 6.42 Å². The highest BCUT2D eigenvalue weighted by atomic mass is 19.1. The number of carbonyl (C=O) groups excluding carboxylic acids is 2. The van der Waals surface area contributed by atoms with Crippen molar-refractivity contribution in [2.75, 3.05) is 0 Å². The Morgan fingerprint density at radius 3 is 2.72 bits per heavy atom. The normalized spacial score (nSPS) is 10.8. The highest BCUT2D eigenvalue weighted by Gasteiger charge is 2.26. The molecule has 0 spiro atoms. The van der Waals surface area contributed by atoms with E-state index in [0.29, 0.717) is 11.8 Å². The molecule has 0 radical (unpaired) electrons.